The van der Waals surface area contributed by atoms with Crippen LogP contribution < -0.4 is 0 Å². The van der Waals surface area contributed by atoms with E-state index in [9.17, 15) is 0 Å². The van der Waals surface area contributed by atoms with E-state index >= 15 is 0 Å². The Morgan fingerprint density at radius 2 is 1.92 bits per heavy atom. The van der Waals surface area contributed by atoms with E-state index < -0.39 is 0 Å². The third-order valence-electron chi connectivity index (χ3n) is 2.32. The van der Waals surface area contributed by atoms with Crippen LogP contribution in [0.15, 0.2) is 0 Å². The zero-order chi connectivity index (χ0) is 9.45. The lowest BCUT2D eigenvalue weighted by Crippen LogP contribution is -2.11. The topological polar surface area (TPSA) is 47.6 Å². The van der Waals surface area contributed by atoms with Gasteiger partial charge in [0.25, 0.3) is 0 Å². The van der Waals surface area contributed by atoms with Crippen LogP contribution in [0.1, 0.15) is 46.0 Å². The van der Waals surface area contributed by atoms with E-state index in [2.05, 4.69) is 12.1 Å². The predicted octanol–water partition coefficient (Wildman–Crippen LogP) is 3.01. The van der Waals surface area contributed by atoms with Crippen molar-refractivity contribution in [3.8, 4) is 12.1 Å². The lowest BCUT2D eigenvalue weighted by atomic mass is 9.84. The molecule has 0 N–H and O–H groups in total. The van der Waals surface area contributed by atoms with Crippen molar-refractivity contribution in [2.24, 2.45) is 5.41 Å². The molecule has 12 heavy (non-hydrogen) atoms. The third kappa shape index (κ3) is 3.98. The Morgan fingerprint density at radius 1 is 1.25 bits per heavy atom. The number of hydrogen-bond acceptors (Lipinski definition) is 2. The van der Waals surface area contributed by atoms with E-state index in [4.69, 9.17) is 10.5 Å². The molecule has 2 nitrogen and oxygen atoms in total. The molecule has 0 saturated carbocycles. The van der Waals surface area contributed by atoms with Crippen LogP contribution in [0, 0.1) is 28.1 Å². The van der Waals surface area contributed by atoms with Crippen molar-refractivity contribution in [2.45, 2.75) is 46.0 Å². The first-order valence-electron chi connectivity index (χ1n) is 4.46. The lowest BCUT2D eigenvalue weighted by Gasteiger charge is -2.18. The highest BCUT2D eigenvalue weighted by atomic mass is 14.3. The molecule has 1 unspecified atom stereocenters. The number of nitriles is 2. The van der Waals surface area contributed by atoms with Gasteiger partial charge in [0.05, 0.1) is 17.6 Å². The fourth-order valence-corrected chi connectivity index (χ4v) is 1.03. The van der Waals surface area contributed by atoms with E-state index in [-0.39, 0.29) is 5.41 Å². The average molecular weight is 164 g/mol. The molecular weight excluding hydrogens is 148 g/mol. The van der Waals surface area contributed by atoms with Crippen molar-refractivity contribution in [3.05, 3.63) is 0 Å². The molecule has 0 aromatic rings. The molecule has 0 aromatic heterocycles. The summed E-state index contributed by atoms with van der Waals surface area (Å²) in [5.74, 6) is 0. The summed E-state index contributed by atoms with van der Waals surface area (Å²) in [6, 6.07) is 4.43. The summed E-state index contributed by atoms with van der Waals surface area (Å²) in [5, 5.41) is 17.1. The Balaban J connectivity index is 3.62. The summed E-state index contributed by atoms with van der Waals surface area (Å²) in [6.45, 7) is 4.02. The molecule has 0 heterocycles. The van der Waals surface area contributed by atoms with Crippen molar-refractivity contribution in [3.63, 3.8) is 0 Å². The van der Waals surface area contributed by atoms with Gasteiger partial charge in [-0.3, -0.25) is 0 Å². The van der Waals surface area contributed by atoms with Gasteiger partial charge in [0.2, 0.25) is 0 Å². The quantitative estimate of drug-likeness (QED) is 0.586. The second-order valence-corrected chi connectivity index (χ2v) is 3.39. The Bertz CT molecular complexity index is 197. The van der Waals surface area contributed by atoms with Gasteiger partial charge in [-0.25, -0.2) is 0 Å². The van der Waals surface area contributed by atoms with Crippen molar-refractivity contribution in [1.82, 2.24) is 0 Å². The Kier molecular flexibility index (Phi) is 5.13. The van der Waals surface area contributed by atoms with Crippen molar-refractivity contribution >= 4 is 0 Å². The first kappa shape index (κ1) is 11.0. The normalized spacial score (nSPS) is 14.3. The SMILES string of the molecule is CCC(C)(C#N)CCCCC#N. The fourth-order valence-electron chi connectivity index (χ4n) is 1.03. The zero-order valence-corrected chi connectivity index (χ0v) is 7.93. The second-order valence-electron chi connectivity index (χ2n) is 3.39. The standard InChI is InChI=1S/C10H16N2/c1-3-10(2,9-12)7-5-4-6-8-11/h3-7H2,1-2H3. The summed E-state index contributed by atoms with van der Waals surface area (Å²) in [6.07, 6.45) is 4.35. The maximum absolute atomic E-state index is 8.83. The van der Waals surface area contributed by atoms with Gasteiger partial charge >= 0.3 is 0 Å². The Morgan fingerprint density at radius 3 is 2.33 bits per heavy atom. The molecule has 0 rings (SSSR count). The lowest BCUT2D eigenvalue weighted by molar-refractivity contribution is 0.374. The van der Waals surface area contributed by atoms with Crippen LogP contribution in [-0.4, -0.2) is 0 Å². The molecule has 0 bridgehead atoms. The molecule has 0 amide bonds. The maximum atomic E-state index is 8.83. The highest BCUT2D eigenvalue weighted by Gasteiger charge is 2.19. The van der Waals surface area contributed by atoms with E-state index in [0.29, 0.717) is 6.42 Å². The molecule has 0 fully saturated rings. The summed E-state index contributed by atoms with van der Waals surface area (Å²) < 4.78 is 0. The van der Waals surface area contributed by atoms with E-state index in [1.807, 2.05) is 13.8 Å². The molecule has 0 spiro atoms. The molecule has 1 atom stereocenters. The average Bonchev–Trinajstić information content (AvgIpc) is 2.12. The van der Waals surface area contributed by atoms with Crippen molar-refractivity contribution in [2.75, 3.05) is 0 Å². The van der Waals surface area contributed by atoms with Gasteiger partial charge in [-0.1, -0.05) is 13.3 Å². The van der Waals surface area contributed by atoms with Gasteiger partial charge < -0.3 is 0 Å². The summed E-state index contributed by atoms with van der Waals surface area (Å²) in [7, 11) is 0. The fraction of sp³-hybridized carbons (Fsp3) is 0.800. The first-order chi connectivity index (χ1) is 5.68. The Labute approximate surface area is 74.8 Å². The number of unbranched alkanes of at least 4 members (excludes halogenated alkanes) is 2. The minimum Gasteiger partial charge on any atom is -0.198 e. The van der Waals surface area contributed by atoms with Crippen LogP contribution in [-0.2, 0) is 0 Å². The predicted molar refractivity (Wildman–Crippen MR) is 48.1 cm³/mol. The van der Waals surface area contributed by atoms with Gasteiger partial charge in [0, 0.05) is 6.42 Å². The van der Waals surface area contributed by atoms with Gasteiger partial charge in [-0.15, -0.1) is 0 Å². The zero-order valence-electron chi connectivity index (χ0n) is 7.93. The number of hydrogen-bond donors (Lipinski definition) is 0. The molecule has 0 aliphatic heterocycles. The van der Waals surface area contributed by atoms with Crippen LogP contribution >= 0.6 is 0 Å². The van der Waals surface area contributed by atoms with Crippen LogP contribution in [0.5, 0.6) is 0 Å². The highest BCUT2D eigenvalue weighted by Crippen LogP contribution is 2.26. The monoisotopic (exact) mass is 164 g/mol. The summed E-state index contributed by atoms with van der Waals surface area (Å²) >= 11 is 0. The van der Waals surface area contributed by atoms with Gasteiger partial charge in [0.1, 0.15) is 0 Å². The Hall–Kier alpha value is -1.02. The molecule has 66 valence electrons. The van der Waals surface area contributed by atoms with Crippen molar-refractivity contribution < 1.29 is 0 Å². The second kappa shape index (κ2) is 5.61. The minimum absolute atomic E-state index is 0.171. The van der Waals surface area contributed by atoms with Crippen LogP contribution in [0.4, 0.5) is 0 Å². The molecule has 0 saturated heterocycles. The molecule has 0 aromatic carbocycles. The maximum Gasteiger partial charge on any atom is 0.0686 e. The molecule has 0 radical (unpaired) electrons. The largest absolute Gasteiger partial charge is 0.198 e. The van der Waals surface area contributed by atoms with Crippen LogP contribution in [0.25, 0.3) is 0 Å². The summed E-state index contributed by atoms with van der Waals surface area (Å²) in [4.78, 5) is 0. The number of rotatable bonds is 5. The van der Waals surface area contributed by atoms with Gasteiger partial charge in [0.15, 0.2) is 0 Å². The van der Waals surface area contributed by atoms with E-state index in [1.165, 1.54) is 0 Å². The molecular formula is C10H16N2. The minimum atomic E-state index is -0.171. The van der Waals surface area contributed by atoms with Gasteiger partial charge in [-0.2, -0.15) is 10.5 Å². The smallest absolute Gasteiger partial charge is 0.0686 e. The first-order valence-corrected chi connectivity index (χ1v) is 4.46. The molecule has 0 aliphatic rings. The van der Waals surface area contributed by atoms with Gasteiger partial charge in [-0.05, 0) is 26.2 Å². The number of nitrogens with zero attached hydrogens (tertiary/aromatic N) is 2. The van der Waals surface area contributed by atoms with Crippen LogP contribution in [0.3, 0.4) is 0 Å². The van der Waals surface area contributed by atoms with Crippen molar-refractivity contribution in [1.29, 1.82) is 10.5 Å². The van der Waals surface area contributed by atoms with E-state index in [0.717, 1.165) is 25.7 Å². The third-order valence-corrected chi connectivity index (χ3v) is 2.32. The summed E-state index contributed by atoms with van der Waals surface area (Å²) in [5.41, 5.74) is -0.171. The molecule has 2 heteroatoms. The molecule has 0 aliphatic carbocycles. The van der Waals surface area contributed by atoms with E-state index in [1.54, 1.807) is 0 Å². The van der Waals surface area contributed by atoms with Crippen LogP contribution in [0.2, 0.25) is 0 Å². The highest BCUT2D eigenvalue weighted by molar-refractivity contribution is 4.94.